The molecule has 0 aromatic carbocycles. The molecule has 0 spiro atoms. The van der Waals surface area contributed by atoms with Crippen LogP contribution < -0.4 is 0 Å². The molecular formula is C7H12O5. The van der Waals surface area contributed by atoms with Crippen LogP contribution in [0.5, 0.6) is 0 Å². The van der Waals surface area contributed by atoms with E-state index in [4.69, 9.17) is 9.84 Å². The Kier molecular flexibility index (Phi) is 2.88. The summed E-state index contributed by atoms with van der Waals surface area (Å²) in [5.74, 6) is -1.51. The van der Waals surface area contributed by atoms with Gasteiger partial charge in [0.15, 0.2) is 6.61 Å². The van der Waals surface area contributed by atoms with Crippen LogP contribution in [0.3, 0.4) is 0 Å². The van der Waals surface area contributed by atoms with E-state index in [0.717, 1.165) is 12.8 Å². The molecule has 0 atom stereocenters. The summed E-state index contributed by atoms with van der Waals surface area (Å²) in [5, 5.41) is 8.73. The van der Waals surface area contributed by atoms with E-state index in [2.05, 4.69) is 9.47 Å². The van der Waals surface area contributed by atoms with Crippen molar-refractivity contribution in [1.82, 2.24) is 0 Å². The van der Waals surface area contributed by atoms with Crippen LogP contribution in [0.2, 0.25) is 0 Å². The summed E-state index contributed by atoms with van der Waals surface area (Å²) < 4.78 is 14.0. The first kappa shape index (κ1) is 9.28. The molecule has 0 aromatic rings. The number of carbonyl (C=O) groups is 1. The Hall–Kier alpha value is -0.810. The molecule has 0 unspecified atom stereocenters. The number of aliphatic hydroxyl groups excluding tert-OH is 1. The van der Waals surface area contributed by atoms with Gasteiger partial charge >= 0.3 is 12.1 Å². The summed E-state index contributed by atoms with van der Waals surface area (Å²) in [6.45, 7) is 1.94. The summed E-state index contributed by atoms with van der Waals surface area (Å²) in [4.78, 5) is 10.3. The first-order chi connectivity index (χ1) is 5.72. The third kappa shape index (κ3) is 1.86. The molecule has 0 bridgehead atoms. The zero-order valence-corrected chi connectivity index (χ0v) is 6.91. The maximum atomic E-state index is 10.3. The Labute approximate surface area is 70.2 Å². The second-order valence-electron chi connectivity index (χ2n) is 2.50. The molecule has 1 heterocycles. The van der Waals surface area contributed by atoms with E-state index in [9.17, 15) is 4.79 Å². The second kappa shape index (κ2) is 3.73. The Morgan fingerprint density at radius 2 is 2.25 bits per heavy atom. The van der Waals surface area contributed by atoms with Gasteiger partial charge in [-0.05, 0) is 6.42 Å². The molecule has 5 nitrogen and oxygen atoms in total. The highest BCUT2D eigenvalue weighted by Crippen LogP contribution is 2.26. The number of unbranched alkanes of at least 4 members (excludes halogenated alkanes) is 1. The van der Waals surface area contributed by atoms with E-state index >= 15 is 0 Å². The molecule has 12 heavy (non-hydrogen) atoms. The van der Waals surface area contributed by atoms with Gasteiger partial charge in [0, 0.05) is 0 Å². The van der Waals surface area contributed by atoms with Gasteiger partial charge in [-0.1, -0.05) is 13.3 Å². The quantitative estimate of drug-likeness (QED) is 0.491. The van der Waals surface area contributed by atoms with Gasteiger partial charge in [0.05, 0.1) is 6.61 Å². The third-order valence-electron chi connectivity index (χ3n) is 1.49. The van der Waals surface area contributed by atoms with Gasteiger partial charge < -0.3 is 19.3 Å². The van der Waals surface area contributed by atoms with Gasteiger partial charge in [0.1, 0.15) is 0 Å². The van der Waals surface area contributed by atoms with Crippen molar-refractivity contribution in [1.29, 1.82) is 0 Å². The Morgan fingerprint density at radius 1 is 1.58 bits per heavy atom. The second-order valence-corrected chi connectivity index (χ2v) is 2.50. The maximum absolute atomic E-state index is 10.3. The first-order valence-electron chi connectivity index (χ1n) is 3.89. The highest BCUT2D eigenvalue weighted by Gasteiger charge is 2.50. The number of cyclic esters (lactones) is 2. The minimum absolute atomic E-state index is 0.407. The standard InChI is InChI=1S/C7H12O5/c1-2-3-4-10-7(5-8)11-6(9)12-7/h8H,2-5H2,1H3. The smallest absolute Gasteiger partial charge is 0.385 e. The third-order valence-corrected chi connectivity index (χ3v) is 1.49. The molecular weight excluding hydrogens is 164 g/mol. The van der Waals surface area contributed by atoms with E-state index in [1.165, 1.54) is 0 Å². The number of hydrogen-bond acceptors (Lipinski definition) is 5. The largest absolute Gasteiger partial charge is 0.518 e. The minimum Gasteiger partial charge on any atom is -0.385 e. The number of hydrogen-bond donors (Lipinski definition) is 1. The van der Waals surface area contributed by atoms with Crippen LogP contribution in [0.25, 0.3) is 0 Å². The molecule has 0 saturated carbocycles. The van der Waals surface area contributed by atoms with Crippen molar-refractivity contribution in [3.05, 3.63) is 0 Å². The van der Waals surface area contributed by atoms with Crippen molar-refractivity contribution in [2.75, 3.05) is 13.2 Å². The van der Waals surface area contributed by atoms with Crippen LogP contribution in [0.15, 0.2) is 0 Å². The fraction of sp³-hybridized carbons (Fsp3) is 0.857. The van der Waals surface area contributed by atoms with E-state index < -0.39 is 18.7 Å². The Balaban J connectivity index is 2.22. The van der Waals surface area contributed by atoms with Gasteiger partial charge in [-0.15, -0.1) is 0 Å². The summed E-state index contributed by atoms with van der Waals surface area (Å²) in [6, 6.07) is 0. The maximum Gasteiger partial charge on any atom is 0.518 e. The van der Waals surface area contributed by atoms with Crippen LogP contribution in [-0.4, -0.2) is 30.4 Å². The normalized spacial score (nSPS) is 19.3. The molecule has 1 aliphatic rings. The van der Waals surface area contributed by atoms with Gasteiger partial charge in [-0.3, -0.25) is 0 Å². The molecule has 1 fully saturated rings. The van der Waals surface area contributed by atoms with Crippen LogP contribution in [-0.2, 0) is 14.2 Å². The van der Waals surface area contributed by atoms with Gasteiger partial charge in [-0.2, -0.15) is 0 Å². The first-order valence-corrected chi connectivity index (χ1v) is 3.89. The van der Waals surface area contributed by atoms with E-state index in [-0.39, 0.29) is 0 Å². The fourth-order valence-corrected chi connectivity index (χ4v) is 0.803. The van der Waals surface area contributed by atoms with Crippen LogP contribution in [0.4, 0.5) is 4.79 Å². The lowest BCUT2D eigenvalue weighted by molar-refractivity contribution is -0.414. The van der Waals surface area contributed by atoms with E-state index in [0.29, 0.717) is 6.61 Å². The molecule has 0 amide bonds. The SMILES string of the molecule is CCCCOC1(CO)OC(=O)O1. The minimum atomic E-state index is -1.51. The van der Waals surface area contributed by atoms with Crippen molar-refractivity contribution in [3.63, 3.8) is 0 Å². The highest BCUT2D eigenvalue weighted by atomic mass is 17.0. The predicted octanol–water partition coefficient (Wildman–Crippen LogP) is 0.616. The average molecular weight is 176 g/mol. The summed E-state index contributed by atoms with van der Waals surface area (Å²) in [7, 11) is 0. The lowest BCUT2D eigenvalue weighted by Crippen LogP contribution is -2.55. The zero-order chi connectivity index (χ0) is 9.03. The van der Waals surface area contributed by atoms with Gasteiger partial charge in [-0.25, -0.2) is 4.79 Å². The molecule has 1 saturated heterocycles. The monoisotopic (exact) mass is 176 g/mol. The van der Waals surface area contributed by atoms with Crippen molar-refractivity contribution in [3.8, 4) is 0 Å². The fourth-order valence-electron chi connectivity index (χ4n) is 0.803. The Morgan fingerprint density at radius 3 is 2.67 bits per heavy atom. The van der Waals surface area contributed by atoms with Gasteiger partial charge in [0.2, 0.25) is 0 Å². The topological polar surface area (TPSA) is 65.0 Å². The van der Waals surface area contributed by atoms with Crippen LogP contribution >= 0.6 is 0 Å². The van der Waals surface area contributed by atoms with Crippen molar-refractivity contribution >= 4 is 6.16 Å². The molecule has 70 valence electrons. The van der Waals surface area contributed by atoms with E-state index in [1.54, 1.807) is 0 Å². The van der Waals surface area contributed by atoms with E-state index in [1.807, 2.05) is 6.92 Å². The molecule has 1 rings (SSSR count). The predicted molar refractivity (Wildman–Crippen MR) is 38.2 cm³/mol. The number of aliphatic hydroxyl groups is 1. The summed E-state index contributed by atoms with van der Waals surface area (Å²) in [6.07, 6.45) is 0.999. The molecule has 0 aliphatic carbocycles. The molecule has 0 radical (unpaired) electrons. The lowest BCUT2D eigenvalue weighted by atomic mass is 10.4. The zero-order valence-electron chi connectivity index (χ0n) is 6.91. The van der Waals surface area contributed by atoms with Crippen LogP contribution in [0, 0.1) is 0 Å². The molecule has 1 aliphatic heterocycles. The Bertz CT molecular complexity index is 159. The molecule has 1 N–H and O–H groups in total. The van der Waals surface area contributed by atoms with Crippen LogP contribution in [0.1, 0.15) is 19.8 Å². The molecule has 0 aromatic heterocycles. The lowest BCUT2D eigenvalue weighted by Gasteiger charge is -2.36. The molecule has 5 heteroatoms. The summed E-state index contributed by atoms with van der Waals surface area (Å²) in [5.41, 5.74) is 0. The van der Waals surface area contributed by atoms with Crippen molar-refractivity contribution in [2.45, 2.75) is 25.7 Å². The summed E-state index contributed by atoms with van der Waals surface area (Å²) >= 11 is 0. The number of rotatable bonds is 5. The average Bonchev–Trinajstić information content (AvgIpc) is 2.01. The number of carbonyl (C=O) groups excluding carboxylic acids is 1. The van der Waals surface area contributed by atoms with Crippen molar-refractivity contribution in [2.24, 2.45) is 0 Å². The van der Waals surface area contributed by atoms with Gasteiger partial charge in [0.25, 0.3) is 0 Å². The van der Waals surface area contributed by atoms with Crippen molar-refractivity contribution < 1.29 is 24.1 Å². The number of ether oxygens (including phenoxy) is 3. The highest BCUT2D eigenvalue weighted by molar-refractivity contribution is 5.65.